The molecule has 1 fully saturated rings. The van der Waals surface area contributed by atoms with E-state index in [1.54, 1.807) is 0 Å². The van der Waals surface area contributed by atoms with E-state index in [1.165, 1.54) is 11.1 Å². The maximum Gasteiger partial charge on any atom is 0.0662 e. The van der Waals surface area contributed by atoms with Crippen molar-refractivity contribution < 1.29 is 0 Å². The summed E-state index contributed by atoms with van der Waals surface area (Å²) in [6, 6.07) is 10.8. The Bertz CT molecular complexity index is 335. The molecular weight excluding hydrogens is 146 g/mol. The van der Waals surface area contributed by atoms with Crippen molar-refractivity contribution in [2.24, 2.45) is 5.92 Å². The Morgan fingerprint density at radius 2 is 2.33 bits per heavy atom. The van der Waals surface area contributed by atoms with Gasteiger partial charge in [-0.05, 0) is 18.9 Å². The molecule has 0 N–H and O–H groups in total. The van der Waals surface area contributed by atoms with Gasteiger partial charge in [0, 0.05) is 5.92 Å². The van der Waals surface area contributed by atoms with Gasteiger partial charge in [-0.3, -0.25) is 0 Å². The van der Waals surface area contributed by atoms with Crippen LogP contribution in [0.3, 0.4) is 0 Å². The number of nitrogens with zero attached hydrogens (tertiary/aromatic N) is 1. The van der Waals surface area contributed by atoms with Crippen molar-refractivity contribution in [2.75, 3.05) is 0 Å². The van der Waals surface area contributed by atoms with Gasteiger partial charge in [0.25, 0.3) is 0 Å². The summed E-state index contributed by atoms with van der Waals surface area (Å²) in [6.45, 7) is 2.09. The first-order valence-electron chi connectivity index (χ1n) is 4.27. The van der Waals surface area contributed by atoms with Crippen molar-refractivity contribution in [1.29, 1.82) is 5.26 Å². The molecule has 2 atom stereocenters. The van der Waals surface area contributed by atoms with Gasteiger partial charge in [-0.15, -0.1) is 0 Å². The van der Waals surface area contributed by atoms with Crippen LogP contribution in [0.1, 0.15) is 23.5 Å². The normalized spacial score (nSPS) is 26.3. The molecule has 0 amide bonds. The maximum absolute atomic E-state index is 8.66. The summed E-state index contributed by atoms with van der Waals surface area (Å²) < 4.78 is 0. The summed E-state index contributed by atoms with van der Waals surface area (Å²) in [5.41, 5.74) is 2.62. The molecule has 2 unspecified atom stereocenters. The van der Waals surface area contributed by atoms with Crippen molar-refractivity contribution in [3.05, 3.63) is 35.4 Å². The number of aryl methyl sites for hydroxylation is 1. The SMILES string of the molecule is Cc1cccc(C2CC2C#N)c1. The fourth-order valence-corrected chi connectivity index (χ4v) is 1.61. The second-order valence-electron chi connectivity index (χ2n) is 3.49. The molecule has 0 aromatic heterocycles. The Morgan fingerprint density at radius 1 is 1.50 bits per heavy atom. The highest BCUT2D eigenvalue weighted by atomic mass is 14.4. The Labute approximate surface area is 72.6 Å². The molecular formula is C11H11N. The van der Waals surface area contributed by atoms with Crippen molar-refractivity contribution in [1.82, 2.24) is 0 Å². The van der Waals surface area contributed by atoms with Crippen LogP contribution in [-0.4, -0.2) is 0 Å². The van der Waals surface area contributed by atoms with Gasteiger partial charge in [-0.2, -0.15) is 5.26 Å². The number of hydrogen-bond acceptors (Lipinski definition) is 1. The molecule has 0 aliphatic heterocycles. The maximum atomic E-state index is 8.66. The summed E-state index contributed by atoms with van der Waals surface area (Å²) in [4.78, 5) is 0. The topological polar surface area (TPSA) is 23.8 Å². The van der Waals surface area contributed by atoms with E-state index in [0.29, 0.717) is 5.92 Å². The molecule has 0 bridgehead atoms. The monoisotopic (exact) mass is 157 g/mol. The summed E-state index contributed by atoms with van der Waals surface area (Å²) in [6.07, 6.45) is 1.06. The average molecular weight is 157 g/mol. The summed E-state index contributed by atoms with van der Waals surface area (Å²) in [5, 5.41) is 8.66. The van der Waals surface area contributed by atoms with Gasteiger partial charge < -0.3 is 0 Å². The van der Waals surface area contributed by atoms with Crippen LogP contribution in [0.4, 0.5) is 0 Å². The third-order valence-corrected chi connectivity index (χ3v) is 2.43. The molecule has 1 saturated carbocycles. The zero-order chi connectivity index (χ0) is 8.55. The van der Waals surface area contributed by atoms with Crippen molar-refractivity contribution >= 4 is 0 Å². The molecule has 0 spiro atoms. The molecule has 1 aromatic rings. The highest BCUT2D eigenvalue weighted by Gasteiger charge is 2.38. The molecule has 2 rings (SSSR count). The zero-order valence-electron chi connectivity index (χ0n) is 7.12. The van der Waals surface area contributed by atoms with Crippen LogP contribution < -0.4 is 0 Å². The Kier molecular flexibility index (Phi) is 1.62. The van der Waals surface area contributed by atoms with Gasteiger partial charge >= 0.3 is 0 Å². The van der Waals surface area contributed by atoms with Crippen LogP contribution in [0.25, 0.3) is 0 Å². The van der Waals surface area contributed by atoms with E-state index < -0.39 is 0 Å². The molecule has 0 heterocycles. The number of nitriles is 1. The fraction of sp³-hybridized carbons (Fsp3) is 0.364. The van der Waals surface area contributed by atoms with Crippen molar-refractivity contribution in [3.63, 3.8) is 0 Å². The first-order valence-corrected chi connectivity index (χ1v) is 4.27. The number of hydrogen-bond donors (Lipinski definition) is 0. The summed E-state index contributed by atoms with van der Waals surface area (Å²) >= 11 is 0. The van der Waals surface area contributed by atoms with Gasteiger partial charge in [0.1, 0.15) is 0 Å². The molecule has 60 valence electrons. The molecule has 1 aromatic carbocycles. The average Bonchev–Trinajstić information content (AvgIpc) is 2.83. The molecule has 0 saturated heterocycles. The number of benzene rings is 1. The lowest BCUT2D eigenvalue weighted by molar-refractivity contribution is 1.02. The smallest absolute Gasteiger partial charge is 0.0662 e. The van der Waals surface area contributed by atoms with E-state index in [2.05, 4.69) is 37.3 Å². The molecule has 1 nitrogen and oxygen atoms in total. The largest absolute Gasteiger partial charge is 0.198 e. The van der Waals surface area contributed by atoms with Crippen LogP contribution in [0.15, 0.2) is 24.3 Å². The van der Waals surface area contributed by atoms with Crippen molar-refractivity contribution in [2.45, 2.75) is 19.3 Å². The second-order valence-corrected chi connectivity index (χ2v) is 3.49. The first kappa shape index (κ1) is 7.36. The lowest BCUT2D eigenvalue weighted by Gasteiger charge is -1.98. The Balaban J connectivity index is 2.21. The minimum Gasteiger partial charge on any atom is -0.198 e. The van der Waals surface area contributed by atoms with Crippen LogP contribution in [0, 0.1) is 24.2 Å². The van der Waals surface area contributed by atoms with Gasteiger partial charge in [-0.25, -0.2) is 0 Å². The van der Waals surface area contributed by atoms with Crippen molar-refractivity contribution in [3.8, 4) is 6.07 Å². The molecule has 1 heteroatoms. The van der Waals surface area contributed by atoms with E-state index in [4.69, 9.17) is 5.26 Å². The number of rotatable bonds is 1. The molecule has 0 radical (unpaired) electrons. The molecule has 1 aliphatic carbocycles. The zero-order valence-corrected chi connectivity index (χ0v) is 7.12. The highest BCUT2D eigenvalue weighted by molar-refractivity contribution is 5.32. The third kappa shape index (κ3) is 1.21. The van der Waals surface area contributed by atoms with E-state index >= 15 is 0 Å². The third-order valence-electron chi connectivity index (χ3n) is 2.43. The van der Waals surface area contributed by atoms with Gasteiger partial charge in [0.05, 0.1) is 12.0 Å². The summed E-state index contributed by atoms with van der Waals surface area (Å²) in [5.74, 6) is 0.807. The first-order chi connectivity index (χ1) is 5.81. The predicted molar refractivity (Wildman–Crippen MR) is 47.6 cm³/mol. The molecule has 12 heavy (non-hydrogen) atoms. The minimum atomic E-state index is 0.284. The van der Waals surface area contributed by atoms with Gasteiger partial charge in [-0.1, -0.05) is 29.8 Å². The minimum absolute atomic E-state index is 0.284. The van der Waals surface area contributed by atoms with E-state index in [9.17, 15) is 0 Å². The van der Waals surface area contributed by atoms with Crippen LogP contribution in [-0.2, 0) is 0 Å². The van der Waals surface area contributed by atoms with Crippen LogP contribution in [0.5, 0.6) is 0 Å². The summed E-state index contributed by atoms with van der Waals surface area (Å²) in [7, 11) is 0. The lowest BCUT2D eigenvalue weighted by atomic mass is 10.1. The molecule has 1 aliphatic rings. The Morgan fingerprint density at radius 3 is 2.92 bits per heavy atom. The highest BCUT2D eigenvalue weighted by Crippen LogP contribution is 2.46. The predicted octanol–water partition coefficient (Wildman–Crippen LogP) is 2.62. The van der Waals surface area contributed by atoms with Gasteiger partial charge in [0.15, 0.2) is 0 Å². The van der Waals surface area contributed by atoms with E-state index in [-0.39, 0.29) is 5.92 Å². The second kappa shape index (κ2) is 2.64. The van der Waals surface area contributed by atoms with Crippen LogP contribution >= 0.6 is 0 Å². The standard InChI is InChI=1S/C11H11N/c1-8-3-2-4-9(5-8)11-6-10(11)7-12/h2-5,10-11H,6H2,1H3. The van der Waals surface area contributed by atoms with E-state index in [0.717, 1.165) is 6.42 Å². The van der Waals surface area contributed by atoms with Gasteiger partial charge in [0.2, 0.25) is 0 Å². The Hall–Kier alpha value is -1.29. The quantitative estimate of drug-likeness (QED) is 0.614. The van der Waals surface area contributed by atoms with Crippen LogP contribution in [0.2, 0.25) is 0 Å². The lowest BCUT2D eigenvalue weighted by Crippen LogP contribution is -1.82. The fourth-order valence-electron chi connectivity index (χ4n) is 1.61. The van der Waals surface area contributed by atoms with E-state index in [1.807, 2.05) is 0 Å².